The lowest BCUT2D eigenvalue weighted by molar-refractivity contribution is 0.0754. The highest BCUT2D eigenvalue weighted by atomic mass is 16.5. The lowest BCUT2D eigenvalue weighted by Crippen LogP contribution is -2.30. The summed E-state index contributed by atoms with van der Waals surface area (Å²) in [6.45, 7) is 5.19. The molecule has 0 N–H and O–H groups in total. The fourth-order valence-electron chi connectivity index (χ4n) is 4.22. The maximum absolute atomic E-state index is 13.9. The van der Waals surface area contributed by atoms with E-state index >= 15 is 0 Å². The monoisotopic (exact) mass is 470 g/mol. The van der Waals surface area contributed by atoms with E-state index in [0.717, 1.165) is 27.6 Å². The van der Waals surface area contributed by atoms with Gasteiger partial charge in [0.25, 0.3) is 5.91 Å². The first-order chi connectivity index (χ1) is 17.0. The van der Waals surface area contributed by atoms with Crippen LogP contribution in [0, 0.1) is 6.92 Å². The Balaban J connectivity index is 1.84. The van der Waals surface area contributed by atoms with Crippen LogP contribution in [0.2, 0.25) is 0 Å². The van der Waals surface area contributed by atoms with Gasteiger partial charge < -0.3 is 19.1 Å². The van der Waals surface area contributed by atoms with Crippen LogP contribution in [-0.2, 0) is 6.54 Å². The Morgan fingerprint density at radius 3 is 2.17 bits per heavy atom. The summed E-state index contributed by atoms with van der Waals surface area (Å²) >= 11 is 0. The molecular formula is C29H30N2O4. The average Bonchev–Trinajstić information content (AvgIpc) is 2.90. The predicted molar refractivity (Wildman–Crippen MR) is 138 cm³/mol. The van der Waals surface area contributed by atoms with Gasteiger partial charge >= 0.3 is 0 Å². The largest absolute Gasteiger partial charge is 0.493 e. The molecule has 1 heterocycles. The van der Waals surface area contributed by atoms with E-state index in [2.05, 4.69) is 19.1 Å². The molecule has 6 nitrogen and oxygen atoms in total. The van der Waals surface area contributed by atoms with Crippen molar-refractivity contribution in [1.82, 2.24) is 9.88 Å². The zero-order chi connectivity index (χ0) is 24.9. The molecule has 0 saturated carbocycles. The zero-order valence-corrected chi connectivity index (χ0v) is 20.8. The number of rotatable bonds is 8. The fraction of sp³-hybridized carbons (Fsp3) is 0.241. The van der Waals surface area contributed by atoms with Crippen molar-refractivity contribution in [2.24, 2.45) is 0 Å². The molecule has 0 aliphatic rings. The van der Waals surface area contributed by atoms with Crippen molar-refractivity contribution in [2.45, 2.75) is 20.4 Å². The Labute approximate surface area is 206 Å². The van der Waals surface area contributed by atoms with Gasteiger partial charge in [-0.25, -0.2) is 4.98 Å². The minimum Gasteiger partial charge on any atom is -0.493 e. The quantitative estimate of drug-likeness (QED) is 0.321. The number of nitrogens with zero attached hydrogens (tertiary/aromatic N) is 2. The van der Waals surface area contributed by atoms with E-state index in [0.29, 0.717) is 41.6 Å². The summed E-state index contributed by atoms with van der Waals surface area (Å²) in [5, 5.41) is 0.817. The Morgan fingerprint density at radius 1 is 0.886 bits per heavy atom. The Kier molecular flexibility index (Phi) is 7.20. The smallest absolute Gasteiger partial charge is 0.254 e. The topological polar surface area (TPSA) is 60.9 Å². The number of carbonyl (C=O) groups is 1. The number of para-hydroxylation sites is 1. The third-order valence-corrected chi connectivity index (χ3v) is 6.20. The summed E-state index contributed by atoms with van der Waals surface area (Å²) in [5.41, 5.74) is 5.06. The van der Waals surface area contributed by atoms with Crippen molar-refractivity contribution < 1.29 is 19.0 Å². The second kappa shape index (κ2) is 10.5. The van der Waals surface area contributed by atoms with E-state index in [-0.39, 0.29) is 5.91 Å². The van der Waals surface area contributed by atoms with Crippen molar-refractivity contribution in [3.63, 3.8) is 0 Å². The van der Waals surface area contributed by atoms with E-state index in [1.165, 1.54) is 0 Å². The Bertz CT molecular complexity index is 1340. The molecule has 6 heteroatoms. The van der Waals surface area contributed by atoms with Crippen LogP contribution in [-0.4, -0.2) is 43.7 Å². The summed E-state index contributed by atoms with van der Waals surface area (Å²) in [5.74, 6) is 1.52. The maximum Gasteiger partial charge on any atom is 0.254 e. The first-order valence-corrected chi connectivity index (χ1v) is 11.5. The molecule has 0 saturated heterocycles. The molecule has 3 aromatic carbocycles. The van der Waals surface area contributed by atoms with Gasteiger partial charge in [0.1, 0.15) is 0 Å². The molecule has 0 atom stereocenters. The summed E-state index contributed by atoms with van der Waals surface area (Å²) in [6.07, 6.45) is 0. The number of aryl methyl sites for hydroxylation is 1. The van der Waals surface area contributed by atoms with E-state index in [4.69, 9.17) is 19.2 Å². The number of ether oxygens (including phenoxy) is 3. The lowest BCUT2D eigenvalue weighted by Gasteiger charge is -2.23. The number of fused-ring (bicyclic) bond motifs is 1. The second-order valence-electron chi connectivity index (χ2n) is 8.23. The molecule has 1 amide bonds. The van der Waals surface area contributed by atoms with Crippen LogP contribution in [0.5, 0.6) is 17.2 Å². The number of hydrogen-bond donors (Lipinski definition) is 0. The average molecular weight is 471 g/mol. The van der Waals surface area contributed by atoms with Crippen molar-refractivity contribution in [3.05, 3.63) is 83.4 Å². The van der Waals surface area contributed by atoms with E-state index < -0.39 is 0 Å². The van der Waals surface area contributed by atoms with Crippen molar-refractivity contribution in [1.29, 1.82) is 0 Å². The van der Waals surface area contributed by atoms with Gasteiger partial charge in [0, 0.05) is 24.0 Å². The number of benzene rings is 3. The van der Waals surface area contributed by atoms with Gasteiger partial charge in [-0.2, -0.15) is 0 Å². The molecule has 35 heavy (non-hydrogen) atoms. The van der Waals surface area contributed by atoms with E-state index in [1.807, 2.05) is 66.4 Å². The maximum atomic E-state index is 13.9. The van der Waals surface area contributed by atoms with Crippen LogP contribution in [0.1, 0.15) is 28.4 Å². The standard InChI is InChI=1S/C29H30N2O4/c1-6-31(18-20-12-8-7-11-19(20)2)29(32)23-17-25(30-24-14-10-9-13-22(23)24)21-15-26(33-3)28(35-5)27(16-21)34-4/h7-17H,6,18H2,1-5H3. The lowest BCUT2D eigenvalue weighted by atomic mass is 10.0. The molecule has 0 bridgehead atoms. The fourth-order valence-corrected chi connectivity index (χ4v) is 4.22. The molecule has 0 aliphatic carbocycles. The Hall–Kier alpha value is -4.06. The normalized spacial score (nSPS) is 10.8. The molecule has 0 radical (unpaired) electrons. The van der Waals surface area contributed by atoms with Crippen molar-refractivity contribution in [3.8, 4) is 28.5 Å². The highest BCUT2D eigenvalue weighted by molar-refractivity contribution is 6.07. The molecule has 0 aliphatic heterocycles. The van der Waals surface area contributed by atoms with E-state index in [9.17, 15) is 4.79 Å². The van der Waals surface area contributed by atoms with Crippen molar-refractivity contribution >= 4 is 16.8 Å². The van der Waals surface area contributed by atoms with Crippen LogP contribution < -0.4 is 14.2 Å². The number of hydrogen-bond acceptors (Lipinski definition) is 5. The molecule has 4 rings (SSSR count). The number of pyridine rings is 1. The van der Waals surface area contributed by atoms with Crippen molar-refractivity contribution in [2.75, 3.05) is 27.9 Å². The SMILES string of the molecule is CCN(Cc1ccccc1C)C(=O)c1cc(-c2cc(OC)c(OC)c(OC)c2)nc2ccccc12. The van der Waals surface area contributed by atoms with Gasteiger partial charge in [-0.05, 0) is 49.2 Å². The highest BCUT2D eigenvalue weighted by Gasteiger charge is 2.21. The summed E-state index contributed by atoms with van der Waals surface area (Å²) in [6, 6.07) is 21.4. The molecule has 1 aromatic heterocycles. The number of carbonyl (C=O) groups excluding carboxylic acids is 1. The second-order valence-corrected chi connectivity index (χ2v) is 8.23. The molecule has 0 fully saturated rings. The minimum atomic E-state index is -0.0388. The first-order valence-electron chi connectivity index (χ1n) is 11.5. The van der Waals surface area contributed by atoms with Gasteiger partial charge in [-0.15, -0.1) is 0 Å². The third kappa shape index (κ3) is 4.78. The van der Waals surface area contributed by atoms with Crippen LogP contribution in [0.25, 0.3) is 22.2 Å². The number of methoxy groups -OCH3 is 3. The molecular weight excluding hydrogens is 440 g/mol. The molecule has 180 valence electrons. The highest BCUT2D eigenvalue weighted by Crippen LogP contribution is 2.41. The summed E-state index contributed by atoms with van der Waals surface area (Å²) in [7, 11) is 4.72. The summed E-state index contributed by atoms with van der Waals surface area (Å²) < 4.78 is 16.5. The minimum absolute atomic E-state index is 0.0388. The van der Waals surface area contributed by atoms with Gasteiger partial charge in [-0.3, -0.25) is 4.79 Å². The third-order valence-electron chi connectivity index (χ3n) is 6.20. The van der Waals surface area contributed by atoms with Gasteiger partial charge in [0.2, 0.25) is 5.75 Å². The predicted octanol–water partition coefficient (Wildman–Crippen LogP) is 5.90. The number of aromatic nitrogens is 1. The molecule has 0 unspecified atom stereocenters. The van der Waals surface area contributed by atoms with Crippen LogP contribution >= 0.6 is 0 Å². The molecule has 4 aromatic rings. The zero-order valence-electron chi connectivity index (χ0n) is 20.8. The van der Waals surface area contributed by atoms with Crippen LogP contribution in [0.4, 0.5) is 0 Å². The van der Waals surface area contributed by atoms with Gasteiger partial charge in [0.05, 0.1) is 38.1 Å². The summed E-state index contributed by atoms with van der Waals surface area (Å²) in [4.78, 5) is 20.6. The van der Waals surface area contributed by atoms with Crippen LogP contribution in [0.3, 0.4) is 0 Å². The van der Waals surface area contributed by atoms with Gasteiger partial charge in [0.15, 0.2) is 11.5 Å². The van der Waals surface area contributed by atoms with Gasteiger partial charge in [-0.1, -0.05) is 42.5 Å². The first kappa shape index (κ1) is 24.1. The molecule has 0 spiro atoms. The van der Waals surface area contributed by atoms with E-state index in [1.54, 1.807) is 21.3 Å². The Morgan fingerprint density at radius 2 is 1.54 bits per heavy atom. The number of amides is 1. The van der Waals surface area contributed by atoms with Crippen LogP contribution in [0.15, 0.2) is 66.7 Å².